The number of nitrogen functional groups attached to an aromatic ring is 1. The summed E-state index contributed by atoms with van der Waals surface area (Å²) in [5.41, 5.74) is 21.0. The summed E-state index contributed by atoms with van der Waals surface area (Å²) in [7, 11) is 0. The van der Waals surface area contributed by atoms with Crippen LogP contribution >= 0.6 is 0 Å². The van der Waals surface area contributed by atoms with Gasteiger partial charge in [-0.25, -0.2) is 0 Å². The monoisotopic (exact) mass is 620 g/mol. The van der Waals surface area contributed by atoms with Crippen molar-refractivity contribution >= 4 is 51.2 Å². The Morgan fingerprint density at radius 1 is 0.875 bits per heavy atom. The minimum atomic E-state index is 0.553. The fourth-order valence-electron chi connectivity index (χ4n) is 7.29. The van der Waals surface area contributed by atoms with Crippen molar-refractivity contribution in [3.8, 4) is 18.0 Å². The minimum Gasteiger partial charge on any atom is -0.398 e. The molecular weight excluding hydrogens is 581 g/mol. The lowest BCUT2D eigenvalue weighted by atomic mass is 9.87. The predicted octanol–water partition coefficient (Wildman–Crippen LogP) is 11.5. The third kappa shape index (κ3) is 5.59. The summed E-state index contributed by atoms with van der Waals surface area (Å²) in [5, 5.41) is 3.48. The second kappa shape index (κ2) is 13.5. The van der Waals surface area contributed by atoms with Gasteiger partial charge in [-0.05, 0) is 77.6 Å². The number of nitrogens with two attached hydrogens (primary N) is 1. The van der Waals surface area contributed by atoms with Crippen LogP contribution in [0.2, 0.25) is 0 Å². The maximum absolute atomic E-state index is 6.90. The number of fused-ring (bicyclic) bond motifs is 5. The van der Waals surface area contributed by atoms with Gasteiger partial charge in [0.05, 0.1) is 11.2 Å². The first-order chi connectivity index (χ1) is 23.6. The Balaban J connectivity index is 1.44. The molecule has 0 bridgehead atoms. The van der Waals surface area contributed by atoms with E-state index in [0.29, 0.717) is 6.42 Å². The molecule has 1 heterocycles. The first-order valence-electron chi connectivity index (χ1n) is 16.8. The number of aromatic nitrogens is 1. The molecule has 4 aromatic carbocycles. The van der Waals surface area contributed by atoms with Crippen molar-refractivity contribution in [2.45, 2.75) is 39.5 Å². The molecule has 0 atom stereocenters. The zero-order valence-electron chi connectivity index (χ0n) is 27.7. The number of allylic oxidation sites excluding steroid dienone is 11. The van der Waals surface area contributed by atoms with Gasteiger partial charge in [0.1, 0.15) is 0 Å². The van der Waals surface area contributed by atoms with Gasteiger partial charge in [0.15, 0.2) is 0 Å². The summed E-state index contributed by atoms with van der Waals surface area (Å²) in [6.45, 7) is 4.30. The van der Waals surface area contributed by atoms with Crippen molar-refractivity contribution in [1.29, 1.82) is 0 Å². The molecule has 0 spiro atoms. The highest BCUT2D eigenvalue weighted by Crippen LogP contribution is 2.41. The molecule has 1 aromatic heterocycles. The maximum Gasteiger partial charge on any atom is 0.0559 e. The lowest BCUT2D eigenvalue weighted by Crippen LogP contribution is -2.03. The molecule has 5 aromatic rings. The van der Waals surface area contributed by atoms with Crippen LogP contribution in [-0.4, -0.2) is 4.57 Å². The van der Waals surface area contributed by atoms with E-state index in [4.69, 9.17) is 12.2 Å². The number of hydrogen-bond acceptors (Lipinski definition) is 1. The van der Waals surface area contributed by atoms with E-state index in [1.165, 1.54) is 55.4 Å². The Bertz CT molecular complexity index is 2320. The van der Waals surface area contributed by atoms with Crippen LogP contribution in [0, 0.1) is 12.3 Å². The number of aryl methyl sites for hydroxylation is 1. The van der Waals surface area contributed by atoms with E-state index in [1.54, 1.807) is 0 Å². The highest BCUT2D eigenvalue weighted by atomic mass is 15.0. The lowest BCUT2D eigenvalue weighted by Gasteiger charge is -2.20. The Morgan fingerprint density at radius 2 is 1.67 bits per heavy atom. The van der Waals surface area contributed by atoms with Gasteiger partial charge in [-0.2, -0.15) is 0 Å². The molecule has 2 aliphatic carbocycles. The van der Waals surface area contributed by atoms with E-state index in [0.717, 1.165) is 47.1 Å². The van der Waals surface area contributed by atoms with Crippen LogP contribution in [0.4, 0.5) is 5.69 Å². The number of benzene rings is 4. The van der Waals surface area contributed by atoms with Crippen LogP contribution in [0.15, 0.2) is 133 Å². The quantitative estimate of drug-likeness (QED) is 0.154. The summed E-state index contributed by atoms with van der Waals surface area (Å²) < 4.78 is 2.42. The normalized spacial score (nSPS) is 17.6. The summed E-state index contributed by atoms with van der Waals surface area (Å²) in [6, 6.07) is 26.4. The molecule has 2 nitrogen and oxygen atoms in total. The molecule has 7 rings (SSSR count). The minimum absolute atomic E-state index is 0.553. The second-order valence-electron chi connectivity index (χ2n) is 12.5. The molecule has 0 unspecified atom stereocenters. The fraction of sp³-hybridized carbons (Fsp3) is 0.130. The third-order valence-corrected chi connectivity index (χ3v) is 9.60. The van der Waals surface area contributed by atoms with E-state index >= 15 is 0 Å². The Kier molecular flexibility index (Phi) is 8.69. The maximum atomic E-state index is 6.90. The number of anilines is 1. The van der Waals surface area contributed by atoms with Gasteiger partial charge in [0.2, 0.25) is 0 Å². The van der Waals surface area contributed by atoms with Gasteiger partial charge in [-0.15, -0.1) is 12.3 Å². The molecule has 0 amide bonds. The van der Waals surface area contributed by atoms with Crippen LogP contribution in [0.1, 0.15) is 60.2 Å². The molecule has 234 valence electrons. The zero-order valence-corrected chi connectivity index (χ0v) is 27.7. The van der Waals surface area contributed by atoms with Gasteiger partial charge in [0, 0.05) is 40.6 Å². The SMILES string of the molecule is C#CC\C=C(C1=C(/C)CCc2ccccc2/C=C/C=C\1)\c1ccc(-n2c3c(c4c(N)c(/C=C\C)ccc42)C=CC=CC3)c2ccccc12. The predicted molar refractivity (Wildman–Crippen MR) is 209 cm³/mol. The van der Waals surface area contributed by atoms with Crippen molar-refractivity contribution in [1.82, 2.24) is 4.57 Å². The topological polar surface area (TPSA) is 30.9 Å². The highest BCUT2D eigenvalue weighted by molar-refractivity contribution is 6.07. The first-order valence-corrected chi connectivity index (χ1v) is 16.8. The van der Waals surface area contributed by atoms with Crippen molar-refractivity contribution in [3.05, 3.63) is 166 Å². The number of nitrogens with zero attached hydrogens (tertiary/aromatic N) is 1. The van der Waals surface area contributed by atoms with E-state index in [2.05, 4.69) is 151 Å². The van der Waals surface area contributed by atoms with Gasteiger partial charge < -0.3 is 10.3 Å². The number of terminal acetylenes is 1. The molecule has 0 fully saturated rings. The fourth-order valence-corrected chi connectivity index (χ4v) is 7.29. The standard InChI is InChI=1S/C46H40N2/c1-4-6-20-37(36-21-13-12-18-33-17-10-11-19-34(33)27-26-32(36)3)39-29-31-43(40-23-15-14-22-38(39)40)48-42-25-9-7-8-24-41(42)45-44(48)30-28-35(16-5-2)46(45)47/h1,5,7-24,28-31H,6,25-27,47H2,2-3H3/b16-5-,18-12+,21-13-,36-32-,37-20+. The molecule has 2 N–H and O–H groups in total. The molecule has 0 saturated carbocycles. The Hall–Kier alpha value is -5.78. The number of rotatable bonds is 5. The first kappa shape index (κ1) is 30.9. The second-order valence-corrected chi connectivity index (χ2v) is 12.5. The molecule has 2 aliphatic rings. The van der Waals surface area contributed by atoms with Gasteiger partial charge in [-0.1, -0.05) is 133 Å². The summed E-state index contributed by atoms with van der Waals surface area (Å²) in [5.74, 6) is 2.88. The summed E-state index contributed by atoms with van der Waals surface area (Å²) in [4.78, 5) is 0. The van der Waals surface area contributed by atoms with E-state index in [9.17, 15) is 0 Å². The van der Waals surface area contributed by atoms with Crippen molar-refractivity contribution in [3.63, 3.8) is 0 Å². The average Bonchev–Trinajstić information content (AvgIpc) is 3.23. The lowest BCUT2D eigenvalue weighted by molar-refractivity contribution is 0.932. The van der Waals surface area contributed by atoms with Gasteiger partial charge in [-0.3, -0.25) is 0 Å². The smallest absolute Gasteiger partial charge is 0.0559 e. The Morgan fingerprint density at radius 3 is 2.52 bits per heavy atom. The van der Waals surface area contributed by atoms with E-state index in [1.807, 2.05) is 13.0 Å². The summed E-state index contributed by atoms with van der Waals surface area (Å²) in [6.07, 6.45) is 33.0. The summed E-state index contributed by atoms with van der Waals surface area (Å²) >= 11 is 0. The molecule has 48 heavy (non-hydrogen) atoms. The molecular formula is C46H40N2. The van der Waals surface area contributed by atoms with Crippen LogP contribution in [0.25, 0.3) is 51.2 Å². The van der Waals surface area contributed by atoms with Gasteiger partial charge in [0.25, 0.3) is 0 Å². The van der Waals surface area contributed by atoms with Crippen LogP contribution in [-0.2, 0) is 12.8 Å². The van der Waals surface area contributed by atoms with Crippen LogP contribution in [0.3, 0.4) is 0 Å². The third-order valence-electron chi connectivity index (χ3n) is 9.60. The van der Waals surface area contributed by atoms with Gasteiger partial charge >= 0.3 is 0 Å². The molecule has 0 aliphatic heterocycles. The van der Waals surface area contributed by atoms with E-state index < -0.39 is 0 Å². The van der Waals surface area contributed by atoms with Crippen LogP contribution in [0.5, 0.6) is 0 Å². The van der Waals surface area contributed by atoms with Crippen molar-refractivity contribution in [2.24, 2.45) is 0 Å². The zero-order chi connectivity index (χ0) is 33.0. The molecule has 2 heteroatoms. The van der Waals surface area contributed by atoms with E-state index in [-0.39, 0.29) is 0 Å². The van der Waals surface area contributed by atoms with Crippen molar-refractivity contribution < 1.29 is 0 Å². The molecule has 0 radical (unpaired) electrons. The van der Waals surface area contributed by atoms with Crippen molar-refractivity contribution in [2.75, 3.05) is 5.73 Å². The Labute approximate surface area is 284 Å². The molecule has 0 saturated heterocycles. The highest BCUT2D eigenvalue weighted by Gasteiger charge is 2.22. The average molecular weight is 621 g/mol. The largest absolute Gasteiger partial charge is 0.398 e. The number of hydrogen-bond donors (Lipinski definition) is 1. The van der Waals surface area contributed by atoms with Crippen LogP contribution < -0.4 is 5.73 Å².